The molecule has 3 N–H and O–H groups in total. The first-order chi connectivity index (χ1) is 16.3. The summed E-state index contributed by atoms with van der Waals surface area (Å²) in [5.74, 6) is -0.250. The Labute approximate surface area is 202 Å². The molecule has 0 saturated heterocycles. The molecule has 0 aliphatic carbocycles. The molecule has 0 bridgehead atoms. The summed E-state index contributed by atoms with van der Waals surface area (Å²) < 4.78 is 33.8. The van der Waals surface area contributed by atoms with Gasteiger partial charge in [0.1, 0.15) is 10.6 Å². The Balaban J connectivity index is 1.62. The number of fused-ring (bicyclic) bond motifs is 1. The highest BCUT2D eigenvalue weighted by Gasteiger charge is 2.21. The van der Waals surface area contributed by atoms with Crippen LogP contribution in [0.1, 0.15) is 11.1 Å². The monoisotopic (exact) mass is 498 g/mol. The number of para-hydroxylation sites is 1. The molecule has 0 aliphatic rings. The second-order valence-electron chi connectivity index (χ2n) is 7.74. The lowest BCUT2D eigenvalue weighted by Gasteiger charge is -2.11. The van der Waals surface area contributed by atoms with Gasteiger partial charge in [-0.05, 0) is 53.4 Å². The molecule has 34 heavy (non-hydrogen) atoms. The Morgan fingerprint density at radius 1 is 1.09 bits per heavy atom. The number of halogens is 1. The summed E-state index contributed by atoms with van der Waals surface area (Å²) in [5.41, 5.74) is 3.40. The predicted octanol–water partition coefficient (Wildman–Crippen LogP) is 4.65. The Bertz CT molecular complexity index is 1450. The second-order valence-corrected chi connectivity index (χ2v) is 9.88. The highest BCUT2D eigenvalue weighted by molar-refractivity contribution is 7.89. The van der Waals surface area contributed by atoms with E-state index in [1.54, 1.807) is 13.2 Å². The van der Waals surface area contributed by atoms with Crippen molar-refractivity contribution in [2.75, 3.05) is 13.7 Å². The van der Waals surface area contributed by atoms with E-state index >= 15 is 0 Å². The number of rotatable bonds is 9. The van der Waals surface area contributed by atoms with Crippen molar-refractivity contribution < 1.29 is 23.1 Å². The predicted molar refractivity (Wildman–Crippen MR) is 132 cm³/mol. The topological polar surface area (TPSA) is 108 Å². The number of sulfonamides is 1. The van der Waals surface area contributed by atoms with Crippen LogP contribution in [0.4, 0.5) is 0 Å². The van der Waals surface area contributed by atoms with Crippen molar-refractivity contribution in [3.63, 3.8) is 0 Å². The minimum Gasteiger partial charge on any atom is -0.497 e. The summed E-state index contributed by atoms with van der Waals surface area (Å²) in [6.07, 6.45) is 0.287. The number of aliphatic carboxylic acids is 1. The quantitative estimate of drug-likeness (QED) is 0.311. The largest absolute Gasteiger partial charge is 0.497 e. The molecule has 0 amide bonds. The highest BCUT2D eigenvalue weighted by atomic mass is 35.5. The second kappa shape index (κ2) is 9.89. The summed E-state index contributed by atoms with van der Waals surface area (Å²) in [4.78, 5) is 14.7. The van der Waals surface area contributed by atoms with Gasteiger partial charge in [0.05, 0.1) is 24.2 Å². The smallest absolute Gasteiger partial charge is 0.307 e. The van der Waals surface area contributed by atoms with Crippen molar-refractivity contribution in [1.29, 1.82) is 0 Å². The number of H-pyrrole nitrogens is 1. The van der Waals surface area contributed by atoms with Crippen LogP contribution >= 0.6 is 11.6 Å². The van der Waals surface area contributed by atoms with Crippen LogP contribution in [0, 0.1) is 0 Å². The van der Waals surface area contributed by atoms with Gasteiger partial charge in [-0.2, -0.15) is 0 Å². The molecule has 0 spiro atoms. The first-order valence-electron chi connectivity index (χ1n) is 10.5. The maximum atomic E-state index is 13.0. The molecule has 7 nitrogen and oxygen atoms in total. The van der Waals surface area contributed by atoms with Crippen LogP contribution < -0.4 is 9.46 Å². The number of benzene rings is 3. The summed E-state index contributed by atoms with van der Waals surface area (Å²) >= 11 is 6.26. The molecule has 0 radical (unpaired) electrons. The van der Waals surface area contributed by atoms with Crippen LogP contribution in [0.3, 0.4) is 0 Å². The lowest BCUT2D eigenvalue weighted by atomic mass is 10.0. The maximum Gasteiger partial charge on any atom is 0.307 e. The van der Waals surface area contributed by atoms with E-state index in [-0.39, 0.29) is 22.9 Å². The Kier molecular flexibility index (Phi) is 6.92. The lowest BCUT2D eigenvalue weighted by molar-refractivity contribution is -0.136. The van der Waals surface area contributed by atoms with Crippen molar-refractivity contribution in [1.82, 2.24) is 9.71 Å². The van der Waals surface area contributed by atoms with Crippen molar-refractivity contribution in [3.05, 3.63) is 82.9 Å². The molecule has 4 rings (SSSR count). The van der Waals surface area contributed by atoms with E-state index in [0.717, 1.165) is 22.2 Å². The number of ether oxygens (including phenoxy) is 1. The fraction of sp³-hybridized carbons (Fsp3) is 0.160. The Morgan fingerprint density at radius 3 is 2.53 bits per heavy atom. The van der Waals surface area contributed by atoms with Crippen molar-refractivity contribution in [2.24, 2.45) is 0 Å². The fourth-order valence-corrected chi connectivity index (χ4v) is 5.40. The van der Waals surface area contributed by atoms with E-state index in [2.05, 4.69) is 9.71 Å². The van der Waals surface area contributed by atoms with Gasteiger partial charge in [-0.25, -0.2) is 13.1 Å². The molecule has 0 atom stereocenters. The van der Waals surface area contributed by atoms with Gasteiger partial charge in [-0.15, -0.1) is 0 Å². The first kappa shape index (κ1) is 23.8. The number of nitrogens with one attached hydrogen (secondary N) is 2. The van der Waals surface area contributed by atoms with E-state index in [0.29, 0.717) is 23.2 Å². The fourth-order valence-electron chi connectivity index (χ4n) is 3.85. The van der Waals surface area contributed by atoms with E-state index in [4.69, 9.17) is 16.3 Å². The number of carbonyl (C=O) groups is 1. The zero-order valence-corrected chi connectivity index (χ0v) is 19.9. The maximum absolute atomic E-state index is 13.0. The van der Waals surface area contributed by atoms with E-state index < -0.39 is 16.0 Å². The summed E-state index contributed by atoms with van der Waals surface area (Å²) in [6.45, 7) is 0.186. The van der Waals surface area contributed by atoms with Crippen LogP contribution in [-0.2, 0) is 27.7 Å². The molecule has 9 heteroatoms. The summed E-state index contributed by atoms with van der Waals surface area (Å²) in [7, 11) is -2.32. The molecule has 1 heterocycles. The molecule has 0 aliphatic heterocycles. The van der Waals surface area contributed by atoms with Gasteiger partial charge in [0.2, 0.25) is 10.0 Å². The number of aromatic amines is 1. The number of carboxylic acid groups (broad SMARTS) is 1. The minimum absolute atomic E-state index is 0.0682. The zero-order valence-electron chi connectivity index (χ0n) is 18.3. The van der Waals surface area contributed by atoms with Gasteiger partial charge in [0.25, 0.3) is 0 Å². The van der Waals surface area contributed by atoms with Gasteiger partial charge in [-0.1, -0.05) is 48.0 Å². The Hall–Kier alpha value is -3.33. The average Bonchev–Trinajstić information content (AvgIpc) is 3.17. The van der Waals surface area contributed by atoms with Crippen LogP contribution in [0.2, 0.25) is 5.02 Å². The third-order valence-electron chi connectivity index (χ3n) is 5.52. The normalized spacial score (nSPS) is 11.6. The van der Waals surface area contributed by atoms with Gasteiger partial charge >= 0.3 is 5.97 Å². The number of hydrogen-bond donors (Lipinski definition) is 3. The highest BCUT2D eigenvalue weighted by Crippen LogP contribution is 2.34. The molecule has 3 aromatic carbocycles. The average molecular weight is 499 g/mol. The third-order valence-corrected chi connectivity index (χ3v) is 7.46. The van der Waals surface area contributed by atoms with Crippen LogP contribution in [0.25, 0.3) is 22.2 Å². The minimum atomic E-state index is -3.91. The number of methoxy groups -OCH3 is 1. The SMILES string of the molecule is COc1ccc(CCNS(=O)(=O)c2cc(-c3[nH]c4ccccc4c3CC(=O)O)ccc2Cl)cc1. The number of carboxylic acids is 1. The van der Waals surface area contributed by atoms with Gasteiger partial charge < -0.3 is 14.8 Å². The standard InChI is InChI=1S/C25H23ClN2O5S/c1-33-18-9-6-16(7-10-18)12-13-27-34(31,32)23-14-17(8-11-21(23)26)25-20(15-24(29)30)19-4-2-3-5-22(19)28-25/h2-11,14,27-28H,12-13,15H2,1H3,(H,29,30). The van der Waals surface area contributed by atoms with Crippen LogP contribution in [0.5, 0.6) is 5.75 Å². The van der Waals surface area contributed by atoms with Gasteiger partial charge in [-0.3, -0.25) is 4.79 Å². The molecule has 0 fully saturated rings. The van der Waals surface area contributed by atoms with Crippen LogP contribution in [0.15, 0.2) is 71.6 Å². The van der Waals surface area contributed by atoms with Crippen molar-refractivity contribution in [3.8, 4) is 17.0 Å². The molecule has 0 saturated carbocycles. The molecule has 4 aromatic rings. The number of aromatic nitrogens is 1. The molecule has 1 aromatic heterocycles. The molecule has 176 valence electrons. The van der Waals surface area contributed by atoms with Crippen molar-refractivity contribution >= 4 is 38.5 Å². The van der Waals surface area contributed by atoms with Crippen LogP contribution in [-0.4, -0.2) is 38.1 Å². The third kappa shape index (κ3) is 5.09. The Morgan fingerprint density at radius 2 is 1.82 bits per heavy atom. The van der Waals surface area contributed by atoms with Crippen molar-refractivity contribution in [2.45, 2.75) is 17.7 Å². The zero-order chi connectivity index (χ0) is 24.3. The molecular formula is C25H23ClN2O5S. The first-order valence-corrected chi connectivity index (χ1v) is 12.4. The molecular weight excluding hydrogens is 476 g/mol. The van der Waals surface area contributed by atoms with E-state index in [9.17, 15) is 18.3 Å². The van der Waals surface area contributed by atoms with E-state index in [1.165, 1.54) is 12.1 Å². The summed E-state index contributed by atoms with van der Waals surface area (Å²) in [6, 6.07) is 19.4. The van der Waals surface area contributed by atoms with Gasteiger partial charge in [0.15, 0.2) is 0 Å². The molecule has 0 unspecified atom stereocenters. The van der Waals surface area contributed by atoms with E-state index in [1.807, 2.05) is 48.5 Å². The summed E-state index contributed by atoms with van der Waals surface area (Å²) in [5, 5.41) is 10.3. The number of hydrogen-bond acceptors (Lipinski definition) is 4. The van der Waals surface area contributed by atoms with Gasteiger partial charge in [0, 0.05) is 17.4 Å². The lowest BCUT2D eigenvalue weighted by Crippen LogP contribution is -2.26.